The van der Waals surface area contributed by atoms with Crippen LogP contribution < -0.4 is 5.32 Å². The Hall–Kier alpha value is -0.610. The van der Waals surface area contributed by atoms with Crippen molar-refractivity contribution in [1.82, 2.24) is 10.2 Å². The number of methoxy groups -OCH3 is 1. The summed E-state index contributed by atoms with van der Waals surface area (Å²) in [6, 6.07) is 0.467. The summed E-state index contributed by atoms with van der Waals surface area (Å²) in [5.74, 6) is 0.589. The van der Waals surface area contributed by atoms with E-state index in [1.165, 1.54) is 20.0 Å². The standard InChI is InChI=1S/C15H30N2O2/c1-6-12(2)11-17(4)13-8-7-9-15(10-13,16-3)14(18)19-5/h12-13,16H,6-11H2,1-5H3. The highest BCUT2D eigenvalue weighted by Gasteiger charge is 2.43. The topological polar surface area (TPSA) is 41.6 Å². The van der Waals surface area contributed by atoms with Crippen LogP contribution in [0, 0.1) is 5.92 Å². The number of carbonyl (C=O) groups excluding carboxylic acids is 1. The minimum Gasteiger partial charge on any atom is -0.468 e. The Kier molecular flexibility index (Phi) is 6.27. The van der Waals surface area contributed by atoms with Gasteiger partial charge in [-0.25, -0.2) is 0 Å². The number of carbonyl (C=O) groups is 1. The molecule has 1 rings (SSSR count). The molecular formula is C15H30N2O2. The van der Waals surface area contributed by atoms with Crippen molar-refractivity contribution in [3.63, 3.8) is 0 Å². The Morgan fingerprint density at radius 2 is 2.26 bits per heavy atom. The van der Waals surface area contributed by atoms with E-state index in [4.69, 9.17) is 4.74 Å². The monoisotopic (exact) mass is 270 g/mol. The molecule has 0 aromatic heterocycles. The van der Waals surface area contributed by atoms with Crippen LogP contribution in [-0.2, 0) is 9.53 Å². The van der Waals surface area contributed by atoms with Crippen LogP contribution >= 0.6 is 0 Å². The van der Waals surface area contributed by atoms with Gasteiger partial charge in [-0.2, -0.15) is 0 Å². The molecule has 0 aromatic rings. The van der Waals surface area contributed by atoms with E-state index < -0.39 is 5.54 Å². The highest BCUT2D eigenvalue weighted by atomic mass is 16.5. The Bertz CT molecular complexity index is 296. The Balaban J connectivity index is 2.69. The van der Waals surface area contributed by atoms with Crippen LogP contribution in [0.3, 0.4) is 0 Å². The van der Waals surface area contributed by atoms with Crippen molar-refractivity contribution in [3.8, 4) is 0 Å². The predicted octanol–water partition coefficient (Wildman–Crippen LogP) is 2.04. The van der Waals surface area contributed by atoms with E-state index in [1.54, 1.807) is 0 Å². The van der Waals surface area contributed by atoms with Crippen molar-refractivity contribution < 1.29 is 9.53 Å². The van der Waals surface area contributed by atoms with Crippen molar-refractivity contribution in [2.75, 3.05) is 27.7 Å². The lowest BCUT2D eigenvalue weighted by Gasteiger charge is -2.42. The van der Waals surface area contributed by atoms with Gasteiger partial charge in [-0.05, 0) is 45.7 Å². The highest BCUT2D eigenvalue weighted by molar-refractivity contribution is 5.81. The highest BCUT2D eigenvalue weighted by Crippen LogP contribution is 2.32. The Morgan fingerprint density at radius 1 is 1.58 bits per heavy atom. The van der Waals surface area contributed by atoms with Crippen LogP contribution in [-0.4, -0.2) is 50.2 Å². The van der Waals surface area contributed by atoms with E-state index in [0.717, 1.165) is 25.8 Å². The van der Waals surface area contributed by atoms with Crippen LogP contribution in [0.4, 0.5) is 0 Å². The van der Waals surface area contributed by atoms with Gasteiger partial charge in [0.2, 0.25) is 0 Å². The van der Waals surface area contributed by atoms with Crippen molar-refractivity contribution in [2.45, 2.75) is 57.5 Å². The van der Waals surface area contributed by atoms with Crippen LogP contribution in [0.1, 0.15) is 46.0 Å². The third-order valence-electron chi connectivity index (χ3n) is 4.70. The first-order valence-electron chi connectivity index (χ1n) is 7.46. The average molecular weight is 270 g/mol. The van der Waals surface area contributed by atoms with Crippen LogP contribution in [0.15, 0.2) is 0 Å². The molecule has 1 aliphatic carbocycles. The number of hydrogen-bond donors (Lipinski definition) is 1. The molecule has 0 heterocycles. The second-order valence-corrected chi connectivity index (χ2v) is 6.03. The first-order chi connectivity index (χ1) is 8.99. The average Bonchev–Trinajstić information content (AvgIpc) is 2.45. The van der Waals surface area contributed by atoms with Gasteiger partial charge in [0, 0.05) is 12.6 Å². The van der Waals surface area contributed by atoms with Gasteiger partial charge in [0.05, 0.1) is 7.11 Å². The summed E-state index contributed by atoms with van der Waals surface area (Å²) in [6.07, 6.45) is 5.18. The van der Waals surface area contributed by atoms with Gasteiger partial charge in [-0.3, -0.25) is 4.79 Å². The molecule has 0 aromatic carbocycles. The summed E-state index contributed by atoms with van der Waals surface area (Å²) in [6.45, 7) is 5.61. The maximum absolute atomic E-state index is 12.1. The number of ether oxygens (including phenoxy) is 1. The molecule has 1 saturated carbocycles. The third-order valence-corrected chi connectivity index (χ3v) is 4.70. The normalized spacial score (nSPS) is 29.3. The second-order valence-electron chi connectivity index (χ2n) is 6.03. The number of esters is 1. The van der Waals surface area contributed by atoms with Crippen LogP contribution in [0.2, 0.25) is 0 Å². The Morgan fingerprint density at radius 3 is 2.79 bits per heavy atom. The zero-order chi connectivity index (χ0) is 14.5. The van der Waals surface area contributed by atoms with Gasteiger partial charge in [0.25, 0.3) is 0 Å². The van der Waals surface area contributed by atoms with E-state index >= 15 is 0 Å². The molecule has 0 aliphatic heterocycles. The molecule has 3 atom stereocenters. The van der Waals surface area contributed by atoms with Gasteiger partial charge < -0.3 is 15.0 Å². The number of nitrogens with zero attached hydrogens (tertiary/aromatic N) is 1. The molecule has 19 heavy (non-hydrogen) atoms. The van der Waals surface area contributed by atoms with Crippen LogP contribution in [0.5, 0.6) is 0 Å². The lowest BCUT2D eigenvalue weighted by Crippen LogP contribution is -2.57. The molecule has 3 unspecified atom stereocenters. The fourth-order valence-corrected chi connectivity index (χ4v) is 3.10. The molecule has 0 saturated heterocycles. The summed E-state index contributed by atoms with van der Waals surface area (Å²) in [7, 11) is 5.53. The number of nitrogens with one attached hydrogen (secondary N) is 1. The van der Waals surface area contributed by atoms with E-state index in [1.807, 2.05) is 7.05 Å². The van der Waals surface area contributed by atoms with Crippen molar-refractivity contribution >= 4 is 5.97 Å². The molecule has 0 radical (unpaired) electrons. The fraction of sp³-hybridized carbons (Fsp3) is 0.933. The molecule has 0 spiro atoms. The SMILES string of the molecule is CCC(C)CN(C)C1CCCC(NC)(C(=O)OC)C1. The molecule has 0 amide bonds. The lowest BCUT2D eigenvalue weighted by atomic mass is 9.78. The van der Waals surface area contributed by atoms with Crippen LogP contribution in [0.25, 0.3) is 0 Å². The fourth-order valence-electron chi connectivity index (χ4n) is 3.10. The summed E-state index contributed by atoms with van der Waals surface area (Å²) >= 11 is 0. The van der Waals surface area contributed by atoms with Gasteiger partial charge >= 0.3 is 5.97 Å². The third kappa shape index (κ3) is 3.93. The minimum absolute atomic E-state index is 0.114. The molecule has 1 fully saturated rings. The summed E-state index contributed by atoms with van der Waals surface area (Å²) < 4.78 is 4.99. The first-order valence-corrected chi connectivity index (χ1v) is 7.46. The molecule has 4 heteroatoms. The lowest BCUT2D eigenvalue weighted by molar-refractivity contribution is -0.151. The van der Waals surface area contributed by atoms with E-state index in [-0.39, 0.29) is 5.97 Å². The molecule has 0 bridgehead atoms. The molecule has 1 N–H and O–H groups in total. The number of hydrogen-bond acceptors (Lipinski definition) is 4. The van der Waals surface area contributed by atoms with Crippen molar-refractivity contribution in [2.24, 2.45) is 5.92 Å². The second kappa shape index (κ2) is 7.25. The summed E-state index contributed by atoms with van der Waals surface area (Å²) in [5, 5.41) is 3.22. The van der Waals surface area contributed by atoms with E-state index in [2.05, 4.69) is 31.1 Å². The zero-order valence-electron chi connectivity index (χ0n) is 13.2. The molecular weight excluding hydrogens is 240 g/mol. The largest absolute Gasteiger partial charge is 0.468 e. The summed E-state index contributed by atoms with van der Waals surface area (Å²) in [4.78, 5) is 14.5. The van der Waals surface area contributed by atoms with Gasteiger partial charge in [0.15, 0.2) is 0 Å². The summed E-state index contributed by atoms with van der Waals surface area (Å²) in [5.41, 5.74) is -0.485. The predicted molar refractivity (Wildman–Crippen MR) is 78.1 cm³/mol. The molecule has 1 aliphatic rings. The van der Waals surface area contributed by atoms with Gasteiger partial charge in [-0.1, -0.05) is 20.3 Å². The smallest absolute Gasteiger partial charge is 0.326 e. The van der Waals surface area contributed by atoms with Crippen molar-refractivity contribution in [3.05, 3.63) is 0 Å². The Labute approximate surface area is 117 Å². The van der Waals surface area contributed by atoms with Gasteiger partial charge in [-0.15, -0.1) is 0 Å². The molecule has 4 nitrogen and oxygen atoms in total. The quantitative estimate of drug-likeness (QED) is 0.750. The zero-order valence-corrected chi connectivity index (χ0v) is 13.2. The first kappa shape index (κ1) is 16.4. The maximum atomic E-state index is 12.1. The maximum Gasteiger partial charge on any atom is 0.326 e. The van der Waals surface area contributed by atoms with E-state index in [9.17, 15) is 4.79 Å². The molecule has 112 valence electrons. The van der Waals surface area contributed by atoms with Crippen molar-refractivity contribution in [1.29, 1.82) is 0 Å². The van der Waals surface area contributed by atoms with E-state index in [0.29, 0.717) is 12.0 Å². The minimum atomic E-state index is -0.485. The van der Waals surface area contributed by atoms with Gasteiger partial charge in [0.1, 0.15) is 5.54 Å². The number of rotatable bonds is 6. The number of likely N-dealkylation sites (N-methyl/N-ethyl adjacent to an activating group) is 1.